The van der Waals surface area contributed by atoms with Gasteiger partial charge in [-0.15, -0.1) is 0 Å². The third-order valence-corrected chi connectivity index (χ3v) is 4.92. The van der Waals surface area contributed by atoms with Crippen LogP contribution in [0.2, 0.25) is 0 Å². The molecule has 2 aromatic rings. The third-order valence-electron chi connectivity index (χ3n) is 3.07. The van der Waals surface area contributed by atoms with Gasteiger partial charge < -0.3 is 30.5 Å². The molecule has 1 aromatic carbocycles. The molecule has 0 aliphatic heterocycles. The minimum atomic E-state index is -2.22. The number of carbonyl (C=O) groups is 1. The molecule has 0 aliphatic rings. The first-order chi connectivity index (χ1) is 10.2. The van der Waals surface area contributed by atoms with E-state index < -0.39 is 30.4 Å². The Labute approximate surface area is 140 Å². The highest BCUT2D eigenvalue weighted by atomic mass is 79.9. The second kappa shape index (κ2) is 6.60. The number of nitrogens with one attached hydrogen (secondary N) is 1. The first kappa shape index (κ1) is 17.3. The summed E-state index contributed by atoms with van der Waals surface area (Å²) in [5, 5.41) is 47.1. The van der Waals surface area contributed by atoms with Gasteiger partial charge in [0.25, 0.3) is 0 Å². The predicted octanol–water partition coefficient (Wildman–Crippen LogP) is 0.289. The number of aliphatic hydroxyl groups is 4. The predicted molar refractivity (Wildman–Crippen MR) is 82.1 cm³/mol. The second-order valence-corrected chi connectivity index (χ2v) is 6.32. The van der Waals surface area contributed by atoms with Crippen molar-refractivity contribution in [3.8, 4) is 0 Å². The van der Waals surface area contributed by atoms with E-state index >= 15 is 0 Å². The Kier molecular flexibility index (Phi) is 5.20. The fourth-order valence-electron chi connectivity index (χ4n) is 1.85. The van der Waals surface area contributed by atoms with Crippen molar-refractivity contribution in [2.45, 2.75) is 24.4 Å². The van der Waals surface area contributed by atoms with Crippen LogP contribution in [0.3, 0.4) is 0 Å². The number of aromatic nitrogens is 2. The van der Waals surface area contributed by atoms with Gasteiger partial charge in [0.2, 0.25) is 0 Å². The molecule has 0 fully saturated rings. The van der Waals surface area contributed by atoms with Gasteiger partial charge in [-0.3, -0.25) is 0 Å². The quantitative estimate of drug-likeness (QED) is 0.392. The summed E-state index contributed by atoms with van der Waals surface area (Å²) in [5.74, 6) is -1.78. The molecule has 4 atom stereocenters. The second-order valence-electron chi connectivity index (χ2n) is 4.61. The van der Waals surface area contributed by atoms with E-state index in [-0.39, 0.29) is 5.82 Å². The van der Waals surface area contributed by atoms with Gasteiger partial charge in [0.15, 0.2) is 6.10 Å². The van der Waals surface area contributed by atoms with Crippen LogP contribution in [-0.2, 0) is 4.79 Å². The van der Waals surface area contributed by atoms with Crippen molar-refractivity contribution < 1.29 is 30.3 Å². The maximum absolute atomic E-state index is 10.6. The van der Waals surface area contributed by atoms with Crippen LogP contribution in [0.4, 0.5) is 0 Å². The van der Waals surface area contributed by atoms with Crippen LogP contribution < -0.4 is 0 Å². The van der Waals surface area contributed by atoms with Crippen molar-refractivity contribution in [3.63, 3.8) is 0 Å². The molecule has 120 valence electrons. The van der Waals surface area contributed by atoms with E-state index in [0.717, 1.165) is 8.95 Å². The summed E-state index contributed by atoms with van der Waals surface area (Å²) >= 11 is 6.60. The summed E-state index contributed by atoms with van der Waals surface area (Å²) in [6.07, 6.45) is -7.93. The fraction of sp³-hybridized carbons (Fsp3) is 0.333. The Morgan fingerprint density at radius 2 is 1.68 bits per heavy atom. The molecular weight excluding hydrogens is 428 g/mol. The lowest BCUT2D eigenvalue weighted by Crippen LogP contribution is -2.45. The molecule has 0 radical (unpaired) electrons. The number of carboxylic acids is 1. The summed E-state index contributed by atoms with van der Waals surface area (Å²) < 4.78 is 1.47. The zero-order chi connectivity index (χ0) is 16.6. The zero-order valence-corrected chi connectivity index (χ0v) is 14.0. The summed E-state index contributed by atoms with van der Waals surface area (Å²) in [4.78, 5) is 17.4. The minimum absolute atomic E-state index is 0.0656. The molecule has 6 N–H and O–H groups in total. The largest absolute Gasteiger partial charge is 0.479 e. The van der Waals surface area contributed by atoms with Gasteiger partial charge in [0.05, 0.1) is 11.0 Å². The van der Waals surface area contributed by atoms with Crippen molar-refractivity contribution in [2.75, 3.05) is 0 Å². The molecule has 2 rings (SSSR count). The van der Waals surface area contributed by atoms with Gasteiger partial charge in [-0.2, -0.15) is 0 Å². The molecule has 0 aliphatic carbocycles. The maximum atomic E-state index is 10.6. The normalized spacial score (nSPS) is 17.2. The van der Waals surface area contributed by atoms with E-state index in [1.165, 1.54) is 0 Å². The van der Waals surface area contributed by atoms with Gasteiger partial charge in [0, 0.05) is 8.95 Å². The molecule has 8 nitrogen and oxygen atoms in total. The van der Waals surface area contributed by atoms with Gasteiger partial charge >= 0.3 is 5.97 Å². The number of imidazole rings is 1. The summed E-state index contributed by atoms with van der Waals surface area (Å²) in [6.45, 7) is 0. The van der Waals surface area contributed by atoms with Crippen LogP contribution in [0.5, 0.6) is 0 Å². The van der Waals surface area contributed by atoms with Gasteiger partial charge in [0.1, 0.15) is 24.1 Å². The number of benzene rings is 1. The third kappa shape index (κ3) is 3.31. The van der Waals surface area contributed by atoms with Crippen molar-refractivity contribution >= 4 is 48.9 Å². The Morgan fingerprint density at radius 3 is 2.27 bits per heavy atom. The molecule has 0 saturated heterocycles. The highest BCUT2D eigenvalue weighted by Crippen LogP contribution is 2.29. The molecule has 0 saturated carbocycles. The number of carboxylic acid groups (broad SMARTS) is 1. The average molecular weight is 440 g/mol. The average Bonchev–Trinajstić information content (AvgIpc) is 2.87. The van der Waals surface area contributed by atoms with Crippen LogP contribution in [0.1, 0.15) is 11.9 Å². The van der Waals surface area contributed by atoms with Crippen LogP contribution in [-0.4, -0.2) is 59.8 Å². The van der Waals surface area contributed by atoms with Gasteiger partial charge in [-0.1, -0.05) is 0 Å². The highest BCUT2D eigenvalue weighted by molar-refractivity contribution is 9.13. The Bertz CT molecular complexity index is 667. The lowest BCUT2D eigenvalue weighted by Gasteiger charge is -2.23. The zero-order valence-electron chi connectivity index (χ0n) is 10.8. The number of hydrogen-bond acceptors (Lipinski definition) is 6. The number of fused-ring (bicyclic) bond motifs is 1. The SMILES string of the molecule is O=C(O)C(O)C(O)C(O)[C@H](O)c1nc2cc(Br)c(Br)cc2[nH]1. The molecule has 0 bridgehead atoms. The molecular formula is C12H12Br2N2O6. The van der Waals surface area contributed by atoms with E-state index in [1.54, 1.807) is 12.1 Å². The molecule has 1 aromatic heterocycles. The summed E-state index contributed by atoms with van der Waals surface area (Å²) in [5.41, 5.74) is 1.05. The van der Waals surface area contributed by atoms with Crippen molar-refractivity contribution in [1.29, 1.82) is 0 Å². The van der Waals surface area contributed by atoms with Crippen molar-refractivity contribution in [3.05, 3.63) is 26.9 Å². The standard InChI is InChI=1S/C12H12Br2N2O6/c13-3-1-5-6(2-4(3)14)16-11(15-5)9(19)7(17)8(18)10(20)12(21)22/h1-2,7-10,17-20H,(H,15,16)(H,21,22)/t7?,8?,9-,10?/m0/s1. The number of H-pyrrole nitrogens is 1. The van der Waals surface area contributed by atoms with Crippen LogP contribution >= 0.6 is 31.9 Å². The number of aliphatic carboxylic acids is 1. The molecule has 0 spiro atoms. The Hall–Kier alpha value is -1.04. The molecule has 0 amide bonds. The van der Waals surface area contributed by atoms with E-state index in [2.05, 4.69) is 41.8 Å². The van der Waals surface area contributed by atoms with Crippen LogP contribution in [0, 0.1) is 0 Å². The summed E-state index contributed by atoms with van der Waals surface area (Å²) in [6, 6.07) is 3.36. The monoisotopic (exact) mass is 438 g/mol. The number of aromatic amines is 1. The van der Waals surface area contributed by atoms with Gasteiger partial charge in [-0.05, 0) is 44.0 Å². The first-order valence-corrected chi connectivity index (χ1v) is 7.60. The van der Waals surface area contributed by atoms with E-state index in [4.69, 9.17) is 5.11 Å². The molecule has 22 heavy (non-hydrogen) atoms. The van der Waals surface area contributed by atoms with Gasteiger partial charge in [-0.25, -0.2) is 9.78 Å². The van der Waals surface area contributed by atoms with Crippen molar-refractivity contribution in [2.24, 2.45) is 0 Å². The molecule has 10 heteroatoms. The Morgan fingerprint density at radius 1 is 1.09 bits per heavy atom. The lowest BCUT2D eigenvalue weighted by molar-refractivity contribution is -0.163. The summed E-state index contributed by atoms with van der Waals surface area (Å²) in [7, 11) is 0. The van der Waals surface area contributed by atoms with E-state index in [0.29, 0.717) is 11.0 Å². The fourth-order valence-corrected chi connectivity index (χ4v) is 2.52. The number of nitrogens with zero attached hydrogens (tertiary/aromatic N) is 1. The molecule has 3 unspecified atom stereocenters. The molecule has 1 heterocycles. The topological polar surface area (TPSA) is 147 Å². The number of hydrogen-bond donors (Lipinski definition) is 6. The van der Waals surface area contributed by atoms with Crippen LogP contribution in [0.25, 0.3) is 11.0 Å². The van der Waals surface area contributed by atoms with E-state index in [1.807, 2.05) is 0 Å². The Balaban J connectivity index is 2.29. The first-order valence-electron chi connectivity index (χ1n) is 6.02. The number of rotatable bonds is 5. The highest BCUT2D eigenvalue weighted by Gasteiger charge is 2.36. The maximum Gasteiger partial charge on any atom is 0.335 e. The minimum Gasteiger partial charge on any atom is -0.479 e. The number of halogens is 2. The lowest BCUT2D eigenvalue weighted by atomic mass is 10.0. The van der Waals surface area contributed by atoms with Crippen molar-refractivity contribution in [1.82, 2.24) is 9.97 Å². The van der Waals surface area contributed by atoms with Crippen LogP contribution in [0.15, 0.2) is 21.1 Å². The number of aliphatic hydroxyl groups excluding tert-OH is 4. The van der Waals surface area contributed by atoms with E-state index in [9.17, 15) is 25.2 Å². The smallest absolute Gasteiger partial charge is 0.335 e.